The molecule has 1 aromatic carbocycles. The number of hydrogen-bond acceptors (Lipinski definition) is 1. The summed E-state index contributed by atoms with van der Waals surface area (Å²) >= 11 is 0. The number of carboxylic acid groups (broad SMARTS) is 1. The lowest BCUT2D eigenvalue weighted by Gasteiger charge is -1.93. The summed E-state index contributed by atoms with van der Waals surface area (Å²) in [6.45, 7) is 0. The van der Waals surface area contributed by atoms with Crippen LogP contribution in [0.2, 0.25) is 0 Å². The molecule has 0 amide bonds. The minimum Gasteiger partial charge on any atom is -0.481 e. The van der Waals surface area contributed by atoms with E-state index in [4.69, 9.17) is 5.11 Å². The minimum atomic E-state index is -1.03. The number of benzene rings is 1. The van der Waals surface area contributed by atoms with E-state index in [1.165, 1.54) is 24.3 Å². The molecule has 0 aliphatic carbocycles. The van der Waals surface area contributed by atoms with Gasteiger partial charge in [0.2, 0.25) is 0 Å². The van der Waals surface area contributed by atoms with Gasteiger partial charge < -0.3 is 5.11 Å². The third-order valence-electron chi connectivity index (χ3n) is 1.16. The van der Waals surface area contributed by atoms with Crippen LogP contribution in [-0.2, 0) is 4.79 Å². The fourth-order valence-electron chi connectivity index (χ4n) is 0.702. The molecule has 0 fully saturated rings. The van der Waals surface area contributed by atoms with Crippen molar-refractivity contribution in [2.24, 2.45) is 0 Å². The Balaban J connectivity index is 2.74. The quantitative estimate of drug-likeness (QED) is 0.698. The standard InChI is InChI=1S/C8H6FO2/c9-7-3-1-6(2-4-7)5-8(10)11/h1-5H,(H,10,11). The van der Waals surface area contributed by atoms with Gasteiger partial charge in [0.05, 0.1) is 6.42 Å². The fraction of sp³-hybridized carbons (Fsp3) is 0. The first-order valence-electron chi connectivity index (χ1n) is 3.02. The molecule has 0 aliphatic heterocycles. The van der Waals surface area contributed by atoms with Crippen LogP contribution in [0.5, 0.6) is 0 Å². The van der Waals surface area contributed by atoms with Crippen LogP contribution in [0, 0.1) is 12.2 Å². The van der Waals surface area contributed by atoms with E-state index < -0.39 is 5.97 Å². The maximum absolute atomic E-state index is 12.3. The van der Waals surface area contributed by atoms with E-state index in [0.29, 0.717) is 5.56 Å². The Bertz CT molecular complexity index is 253. The van der Waals surface area contributed by atoms with Gasteiger partial charge in [0.25, 0.3) is 0 Å². The van der Waals surface area contributed by atoms with E-state index in [1.54, 1.807) is 0 Å². The van der Waals surface area contributed by atoms with E-state index in [9.17, 15) is 9.18 Å². The molecule has 0 heterocycles. The van der Waals surface area contributed by atoms with Gasteiger partial charge in [-0.05, 0) is 17.7 Å². The first-order chi connectivity index (χ1) is 5.18. The van der Waals surface area contributed by atoms with E-state index in [0.717, 1.165) is 6.42 Å². The number of carboxylic acids is 1. The van der Waals surface area contributed by atoms with Crippen molar-refractivity contribution in [3.05, 3.63) is 42.1 Å². The normalized spacial score (nSPS) is 9.55. The summed E-state index contributed by atoms with van der Waals surface area (Å²) in [5, 5.41) is 8.29. The van der Waals surface area contributed by atoms with Gasteiger partial charge in [-0.25, -0.2) is 4.39 Å². The predicted molar refractivity (Wildman–Crippen MR) is 37.4 cm³/mol. The Kier molecular flexibility index (Phi) is 2.21. The van der Waals surface area contributed by atoms with Crippen molar-refractivity contribution in [3.8, 4) is 0 Å². The second-order valence-corrected chi connectivity index (χ2v) is 2.03. The lowest BCUT2D eigenvalue weighted by Crippen LogP contribution is -1.96. The van der Waals surface area contributed by atoms with E-state index >= 15 is 0 Å². The number of hydrogen-bond donors (Lipinski definition) is 1. The van der Waals surface area contributed by atoms with Crippen molar-refractivity contribution in [1.29, 1.82) is 0 Å². The zero-order chi connectivity index (χ0) is 8.27. The fourth-order valence-corrected chi connectivity index (χ4v) is 0.702. The molecule has 0 spiro atoms. The second kappa shape index (κ2) is 3.14. The molecule has 0 unspecified atom stereocenters. The van der Waals surface area contributed by atoms with Gasteiger partial charge in [0.1, 0.15) is 5.82 Å². The Labute approximate surface area is 63.3 Å². The average Bonchev–Trinajstić information content (AvgIpc) is 1.93. The predicted octanol–water partition coefficient (Wildman–Crippen LogP) is 1.46. The molecule has 1 N–H and O–H groups in total. The van der Waals surface area contributed by atoms with Crippen molar-refractivity contribution in [1.82, 2.24) is 0 Å². The first kappa shape index (κ1) is 7.72. The van der Waals surface area contributed by atoms with Crippen LogP contribution in [0.4, 0.5) is 4.39 Å². The Morgan fingerprint density at radius 1 is 1.36 bits per heavy atom. The van der Waals surface area contributed by atoms with E-state index in [2.05, 4.69) is 0 Å². The molecular weight excluding hydrogens is 147 g/mol. The molecule has 0 saturated carbocycles. The highest BCUT2D eigenvalue weighted by Crippen LogP contribution is 2.04. The molecule has 57 valence electrons. The summed E-state index contributed by atoms with van der Waals surface area (Å²) in [5.41, 5.74) is 0.485. The van der Waals surface area contributed by atoms with Crippen molar-refractivity contribution in [3.63, 3.8) is 0 Å². The maximum Gasteiger partial charge on any atom is 0.312 e. The zero-order valence-electron chi connectivity index (χ0n) is 5.62. The Hall–Kier alpha value is -1.38. The molecule has 1 rings (SSSR count). The smallest absolute Gasteiger partial charge is 0.312 e. The average molecular weight is 153 g/mol. The number of aliphatic carboxylic acids is 1. The van der Waals surface area contributed by atoms with Gasteiger partial charge >= 0.3 is 5.97 Å². The Morgan fingerprint density at radius 2 is 1.91 bits per heavy atom. The minimum absolute atomic E-state index is 0.368. The topological polar surface area (TPSA) is 37.3 Å². The molecule has 3 heteroatoms. The molecule has 1 aromatic rings. The molecule has 0 aliphatic rings. The number of halogens is 1. The largest absolute Gasteiger partial charge is 0.481 e. The summed E-state index contributed by atoms with van der Waals surface area (Å²) in [4.78, 5) is 10.1. The van der Waals surface area contributed by atoms with Crippen molar-refractivity contribution in [2.45, 2.75) is 0 Å². The molecule has 11 heavy (non-hydrogen) atoms. The van der Waals surface area contributed by atoms with Gasteiger partial charge in [0, 0.05) is 0 Å². The van der Waals surface area contributed by atoms with Crippen LogP contribution in [0.25, 0.3) is 0 Å². The molecular formula is C8H6FO2. The lowest BCUT2D eigenvalue weighted by molar-refractivity contribution is -0.132. The van der Waals surface area contributed by atoms with Gasteiger partial charge in [-0.2, -0.15) is 0 Å². The van der Waals surface area contributed by atoms with Crippen LogP contribution in [0.3, 0.4) is 0 Å². The van der Waals surface area contributed by atoms with Crippen LogP contribution >= 0.6 is 0 Å². The van der Waals surface area contributed by atoms with Crippen molar-refractivity contribution in [2.75, 3.05) is 0 Å². The van der Waals surface area contributed by atoms with Crippen LogP contribution < -0.4 is 0 Å². The molecule has 0 bridgehead atoms. The summed E-state index contributed by atoms with van der Waals surface area (Å²) in [6.07, 6.45) is 1.01. The highest BCUT2D eigenvalue weighted by Gasteiger charge is 1.99. The monoisotopic (exact) mass is 153 g/mol. The first-order valence-corrected chi connectivity index (χ1v) is 3.02. The molecule has 2 nitrogen and oxygen atoms in total. The van der Waals surface area contributed by atoms with E-state index in [1.807, 2.05) is 0 Å². The highest BCUT2D eigenvalue weighted by molar-refractivity contribution is 5.81. The SMILES string of the molecule is O=C(O)[CH]c1ccc(F)cc1. The van der Waals surface area contributed by atoms with Gasteiger partial charge in [-0.3, -0.25) is 4.79 Å². The van der Waals surface area contributed by atoms with Crippen LogP contribution in [-0.4, -0.2) is 11.1 Å². The highest BCUT2D eigenvalue weighted by atomic mass is 19.1. The number of carbonyl (C=O) groups is 1. The van der Waals surface area contributed by atoms with Gasteiger partial charge in [-0.15, -0.1) is 0 Å². The molecule has 0 atom stereocenters. The molecule has 0 aromatic heterocycles. The summed E-state index contributed by atoms with van der Waals surface area (Å²) in [5.74, 6) is -1.40. The Morgan fingerprint density at radius 3 is 2.36 bits per heavy atom. The third-order valence-corrected chi connectivity index (χ3v) is 1.16. The summed E-state index contributed by atoms with van der Waals surface area (Å²) in [6, 6.07) is 5.25. The summed E-state index contributed by atoms with van der Waals surface area (Å²) < 4.78 is 12.3. The number of rotatable bonds is 2. The van der Waals surface area contributed by atoms with E-state index in [-0.39, 0.29) is 5.82 Å². The van der Waals surface area contributed by atoms with Crippen LogP contribution in [0.1, 0.15) is 5.56 Å². The third kappa shape index (κ3) is 2.37. The second-order valence-electron chi connectivity index (χ2n) is 2.03. The lowest BCUT2D eigenvalue weighted by atomic mass is 10.1. The van der Waals surface area contributed by atoms with Crippen molar-refractivity contribution < 1.29 is 14.3 Å². The van der Waals surface area contributed by atoms with Gasteiger partial charge in [-0.1, -0.05) is 12.1 Å². The molecule has 0 saturated heterocycles. The van der Waals surface area contributed by atoms with Gasteiger partial charge in [0.15, 0.2) is 0 Å². The maximum atomic E-state index is 12.3. The zero-order valence-corrected chi connectivity index (χ0v) is 5.62. The van der Waals surface area contributed by atoms with Crippen LogP contribution in [0.15, 0.2) is 24.3 Å². The van der Waals surface area contributed by atoms with Crippen molar-refractivity contribution >= 4 is 5.97 Å². The summed E-state index contributed by atoms with van der Waals surface area (Å²) in [7, 11) is 0. The molecule has 1 radical (unpaired) electrons.